The molecule has 0 saturated heterocycles. The van der Waals surface area contributed by atoms with Crippen molar-refractivity contribution >= 4 is 10.0 Å². The Morgan fingerprint density at radius 1 is 1.30 bits per heavy atom. The van der Waals surface area contributed by atoms with Crippen LogP contribution in [0, 0.1) is 5.92 Å². The summed E-state index contributed by atoms with van der Waals surface area (Å²) in [7, 11) is -1.82. The molecule has 0 amide bonds. The smallest absolute Gasteiger partial charge is 0.244 e. The first-order chi connectivity index (χ1) is 9.56. The van der Waals surface area contributed by atoms with E-state index < -0.39 is 10.0 Å². The van der Waals surface area contributed by atoms with Gasteiger partial charge in [0.1, 0.15) is 4.90 Å². The third-order valence-electron chi connectivity index (χ3n) is 3.53. The minimum Gasteiger partial charge on any atom is -0.274 e. The van der Waals surface area contributed by atoms with Crippen LogP contribution >= 0.6 is 0 Å². The van der Waals surface area contributed by atoms with Crippen molar-refractivity contribution in [1.29, 1.82) is 0 Å². The van der Waals surface area contributed by atoms with Gasteiger partial charge in [-0.1, -0.05) is 30.3 Å². The van der Waals surface area contributed by atoms with Gasteiger partial charge in [-0.25, -0.2) is 13.1 Å². The molecule has 0 aliphatic heterocycles. The Kier molecular flexibility index (Phi) is 3.35. The van der Waals surface area contributed by atoms with Crippen LogP contribution in [0.4, 0.5) is 0 Å². The fourth-order valence-electron chi connectivity index (χ4n) is 2.30. The van der Waals surface area contributed by atoms with E-state index in [1.165, 1.54) is 17.1 Å². The number of nitrogens with one attached hydrogen (secondary N) is 1. The average molecular weight is 291 g/mol. The van der Waals surface area contributed by atoms with Crippen LogP contribution in [0.1, 0.15) is 24.4 Å². The van der Waals surface area contributed by atoms with Crippen LogP contribution in [0.2, 0.25) is 0 Å². The predicted octanol–water partition coefficient (Wildman–Crippen LogP) is 1.85. The largest absolute Gasteiger partial charge is 0.274 e. The van der Waals surface area contributed by atoms with Crippen molar-refractivity contribution in [3.63, 3.8) is 0 Å². The van der Waals surface area contributed by atoms with Crippen molar-refractivity contribution in [2.45, 2.75) is 23.8 Å². The number of aromatic nitrogens is 2. The molecule has 5 nitrogen and oxygen atoms in total. The van der Waals surface area contributed by atoms with Gasteiger partial charge in [-0.3, -0.25) is 4.68 Å². The molecule has 0 bridgehead atoms. The molecule has 20 heavy (non-hydrogen) atoms. The molecule has 1 aliphatic carbocycles. The molecule has 6 heteroatoms. The lowest BCUT2D eigenvalue weighted by molar-refractivity contribution is 0.529. The van der Waals surface area contributed by atoms with E-state index in [9.17, 15) is 8.42 Å². The number of benzene rings is 1. The maximum Gasteiger partial charge on any atom is 0.244 e. The molecule has 106 valence electrons. The maximum atomic E-state index is 12.4. The van der Waals surface area contributed by atoms with Crippen LogP contribution < -0.4 is 4.72 Å². The van der Waals surface area contributed by atoms with E-state index in [1.54, 1.807) is 7.05 Å². The lowest BCUT2D eigenvalue weighted by atomic mass is 10.0. The van der Waals surface area contributed by atoms with Crippen LogP contribution in [-0.2, 0) is 17.1 Å². The Morgan fingerprint density at radius 3 is 2.55 bits per heavy atom. The van der Waals surface area contributed by atoms with Crippen molar-refractivity contribution in [3.05, 3.63) is 48.3 Å². The lowest BCUT2D eigenvalue weighted by Crippen LogP contribution is -2.29. The van der Waals surface area contributed by atoms with Gasteiger partial charge in [-0.15, -0.1) is 0 Å². The van der Waals surface area contributed by atoms with E-state index in [1.807, 2.05) is 30.3 Å². The molecule has 1 N–H and O–H groups in total. The molecule has 1 aromatic heterocycles. The average Bonchev–Trinajstić information content (AvgIpc) is 3.18. The third kappa shape index (κ3) is 2.76. The summed E-state index contributed by atoms with van der Waals surface area (Å²) >= 11 is 0. The van der Waals surface area contributed by atoms with Crippen molar-refractivity contribution in [2.75, 3.05) is 0 Å². The summed E-state index contributed by atoms with van der Waals surface area (Å²) < 4.78 is 29.1. The Hall–Kier alpha value is -1.66. The van der Waals surface area contributed by atoms with Gasteiger partial charge in [-0.2, -0.15) is 5.10 Å². The van der Waals surface area contributed by atoms with Crippen LogP contribution in [0.5, 0.6) is 0 Å². The van der Waals surface area contributed by atoms with Gasteiger partial charge in [0.25, 0.3) is 0 Å². The topological polar surface area (TPSA) is 64.0 Å². The molecule has 0 spiro atoms. The van der Waals surface area contributed by atoms with Gasteiger partial charge in [0, 0.05) is 19.3 Å². The summed E-state index contributed by atoms with van der Waals surface area (Å²) in [5, 5.41) is 3.92. The van der Waals surface area contributed by atoms with Gasteiger partial charge in [0.05, 0.1) is 6.20 Å². The first-order valence-corrected chi connectivity index (χ1v) is 8.10. The number of hydrogen-bond donors (Lipinski definition) is 1. The SMILES string of the molecule is Cn1cc(S(=O)(=O)N[C@H](c2ccccc2)C2CC2)cn1. The molecule has 1 atom stereocenters. The zero-order chi connectivity index (χ0) is 14.2. The van der Waals surface area contributed by atoms with E-state index in [0.717, 1.165) is 18.4 Å². The summed E-state index contributed by atoms with van der Waals surface area (Å²) in [4.78, 5) is 0.210. The minimum atomic E-state index is -3.53. The molecular weight excluding hydrogens is 274 g/mol. The molecule has 1 aromatic carbocycles. The molecule has 1 aliphatic rings. The van der Waals surface area contributed by atoms with E-state index in [4.69, 9.17) is 0 Å². The summed E-state index contributed by atoms with van der Waals surface area (Å²) in [5.41, 5.74) is 1.02. The van der Waals surface area contributed by atoms with Gasteiger partial charge in [-0.05, 0) is 24.3 Å². The summed E-state index contributed by atoms with van der Waals surface area (Å²) in [6.07, 6.45) is 5.01. The standard InChI is InChI=1S/C14H17N3O2S/c1-17-10-13(9-15-17)20(18,19)16-14(12-7-8-12)11-5-3-2-4-6-11/h2-6,9-10,12,14,16H,7-8H2,1H3/t14-/m1/s1. The highest BCUT2D eigenvalue weighted by Gasteiger charge is 2.35. The van der Waals surface area contributed by atoms with Gasteiger partial charge in [0.2, 0.25) is 10.0 Å². The predicted molar refractivity (Wildman–Crippen MR) is 75.4 cm³/mol. The minimum absolute atomic E-state index is 0.151. The van der Waals surface area contributed by atoms with Gasteiger partial charge in [0.15, 0.2) is 0 Å². The molecule has 0 unspecified atom stereocenters. The Morgan fingerprint density at radius 2 is 2.00 bits per heavy atom. The second kappa shape index (κ2) is 5.03. The van der Waals surface area contributed by atoms with Crippen molar-refractivity contribution in [1.82, 2.24) is 14.5 Å². The summed E-state index contributed by atoms with van der Waals surface area (Å²) in [6.45, 7) is 0. The van der Waals surface area contributed by atoms with Crippen molar-refractivity contribution in [3.8, 4) is 0 Å². The van der Waals surface area contributed by atoms with E-state index in [0.29, 0.717) is 5.92 Å². The highest BCUT2D eigenvalue weighted by Crippen LogP contribution is 2.41. The molecular formula is C14H17N3O2S. The van der Waals surface area contributed by atoms with Gasteiger partial charge < -0.3 is 0 Å². The lowest BCUT2D eigenvalue weighted by Gasteiger charge is -2.18. The van der Waals surface area contributed by atoms with Crippen molar-refractivity contribution < 1.29 is 8.42 Å². The molecule has 3 rings (SSSR count). The van der Waals surface area contributed by atoms with Crippen LogP contribution in [0.3, 0.4) is 0 Å². The Labute approximate surface area is 118 Å². The van der Waals surface area contributed by atoms with Crippen LogP contribution in [-0.4, -0.2) is 18.2 Å². The molecule has 1 heterocycles. The van der Waals surface area contributed by atoms with Crippen LogP contribution in [0.25, 0.3) is 0 Å². The zero-order valence-corrected chi connectivity index (χ0v) is 12.0. The monoisotopic (exact) mass is 291 g/mol. The zero-order valence-electron chi connectivity index (χ0n) is 11.2. The second-order valence-electron chi connectivity index (χ2n) is 5.20. The first-order valence-electron chi connectivity index (χ1n) is 6.62. The summed E-state index contributed by atoms with van der Waals surface area (Å²) in [6, 6.07) is 9.58. The number of rotatable bonds is 5. The molecule has 0 radical (unpaired) electrons. The third-order valence-corrected chi connectivity index (χ3v) is 4.92. The van der Waals surface area contributed by atoms with E-state index in [2.05, 4.69) is 9.82 Å². The quantitative estimate of drug-likeness (QED) is 0.914. The fraction of sp³-hybridized carbons (Fsp3) is 0.357. The Balaban J connectivity index is 1.87. The number of aryl methyl sites for hydroxylation is 1. The maximum absolute atomic E-state index is 12.4. The Bertz CT molecular complexity index is 690. The second-order valence-corrected chi connectivity index (χ2v) is 6.91. The van der Waals surface area contributed by atoms with E-state index in [-0.39, 0.29) is 10.9 Å². The highest BCUT2D eigenvalue weighted by atomic mass is 32.2. The number of hydrogen-bond acceptors (Lipinski definition) is 3. The van der Waals surface area contributed by atoms with E-state index >= 15 is 0 Å². The first kappa shape index (κ1) is 13.3. The molecule has 2 aromatic rings. The number of nitrogens with zero attached hydrogens (tertiary/aromatic N) is 2. The summed E-state index contributed by atoms with van der Waals surface area (Å²) in [5.74, 6) is 0.392. The van der Waals surface area contributed by atoms with Gasteiger partial charge >= 0.3 is 0 Å². The highest BCUT2D eigenvalue weighted by molar-refractivity contribution is 7.89. The normalized spacial score (nSPS) is 17.1. The number of sulfonamides is 1. The molecule has 1 fully saturated rings. The fourth-order valence-corrected chi connectivity index (χ4v) is 3.58. The van der Waals surface area contributed by atoms with Crippen LogP contribution in [0.15, 0.2) is 47.6 Å². The van der Waals surface area contributed by atoms with Crippen molar-refractivity contribution in [2.24, 2.45) is 13.0 Å². The molecule has 1 saturated carbocycles.